The van der Waals surface area contributed by atoms with Gasteiger partial charge in [-0.15, -0.1) is 0 Å². The highest BCUT2D eigenvalue weighted by atomic mass is 16.5. The Morgan fingerprint density at radius 2 is 1.21 bits per heavy atom. The van der Waals surface area contributed by atoms with Gasteiger partial charge in [-0.25, -0.2) is 4.79 Å². The summed E-state index contributed by atoms with van der Waals surface area (Å²) in [4.78, 5) is 26.8. The normalized spacial score (nSPS) is 15.9. The zero-order chi connectivity index (χ0) is 28.0. The second-order valence-electron chi connectivity index (χ2n) is 8.13. The largest absolute Gasteiger partial charge is 0.493 e. The number of hydrogen-bond donors (Lipinski definition) is 0. The van der Waals surface area contributed by atoms with Crippen molar-refractivity contribution in [2.75, 3.05) is 55.9 Å². The van der Waals surface area contributed by atoms with E-state index in [4.69, 9.17) is 37.9 Å². The Balaban J connectivity index is 2.50. The maximum atomic E-state index is 13.6. The Kier molecular flexibility index (Phi) is 9.33. The van der Waals surface area contributed by atoms with Crippen molar-refractivity contribution in [3.05, 3.63) is 40.5 Å². The van der Waals surface area contributed by atoms with Gasteiger partial charge in [0.2, 0.25) is 11.5 Å². The predicted octanol–water partition coefficient (Wildman–Crippen LogP) is 4.01. The molecular formula is C28H34O10. The highest BCUT2D eigenvalue weighted by molar-refractivity contribution is 6.02. The molecule has 2 aromatic carbocycles. The maximum absolute atomic E-state index is 13.6. The van der Waals surface area contributed by atoms with Crippen molar-refractivity contribution in [2.45, 2.75) is 19.8 Å². The van der Waals surface area contributed by atoms with Crippen LogP contribution in [-0.4, -0.2) is 67.8 Å². The number of methoxy groups -OCH3 is 6. The van der Waals surface area contributed by atoms with Crippen molar-refractivity contribution in [3.63, 3.8) is 0 Å². The molecule has 1 aliphatic carbocycles. The van der Waals surface area contributed by atoms with E-state index in [2.05, 4.69) is 0 Å². The Morgan fingerprint density at radius 3 is 1.68 bits per heavy atom. The summed E-state index contributed by atoms with van der Waals surface area (Å²) in [6, 6.07) is 5.18. The summed E-state index contributed by atoms with van der Waals surface area (Å²) in [6.45, 7) is 3.64. The van der Waals surface area contributed by atoms with Gasteiger partial charge >= 0.3 is 11.9 Å². The van der Waals surface area contributed by atoms with Crippen molar-refractivity contribution >= 4 is 18.0 Å². The van der Waals surface area contributed by atoms with Crippen LogP contribution in [-0.2, 0) is 19.1 Å². The van der Waals surface area contributed by atoms with Crippen LogP contribution in [0.3, 0.4) is 0 Å². The van der Waals surface area contributed by atoms with Gasteiger partial charge in [-0.2, -0.15) is 0 Å². The highest BCUT2D eigenvalue weighted by Crippen LogP contribution is 2.54. The van der Waals surface area contributed by atoms with Gasteiger partial charge in [0, 0.05) is 11.5 Å². The van der Waals surface area contributed by atoms with Crippen LogP contribution < -0.4 is 28.4 Å². The topological polar surface area (TPSA) is 108 Å². The molecule has 0 amide bonds. The van der Waals surface area contributed by atoms with E-state index in [9.17, 15) is 9.59 Å². The van der Waals surface area contributed by atoms with Crippen LogP contribution in [0.5, 0.6) is 34.5 Å². The molecule has 0 saturated heterocycles. The molecule has 10 heteroatoms. The minimum absolute atomic E-state index is 0.114. The van der Waals surface area contributed by atoms with Crippen LogP contribution in [0.1, 0.15) is 36.5 Å². The standard InChI is InChI=1S/C28H34O10/c1-9-37-27(29)17-11-15-12-20(33-5)25(35-7)26(36-8)22(15)21(23(17)28(30)38-10-2)16-13-18(31-3)24(34-6)19(14-16)32-4/h11-14,21,23H,9-10H2,1-8H3/t21-,23+/m1/s1. The van der Waals surface area contributed by atoms with Crippen molar-refractivity contribution < 1.29 is 47.5 Å². The molecule has 1 aliphatic rings. The van der Waals surface area contributed by atoms with Crippen LogP contribution in [0.15, 0.2) is 23.8 Å². The monoisotopic (exact) mass is 530 g/mol. The van der Waals surface area contributed by atoms with Crippen LogP contribution >= 0.6 is 0 Å². The van der Waals surface area contributed by atoms with E-state index in [1.54, 1.807) is 38.1 Å². The average molecular weight is 531 g/mol. The lowest BCUT2D eigenvalue weighted by Crippen LogP contribution is -2.34. The molecule has 2 atom stereocenters. The number of benzene rings is 2. The first-order valence-electron chi connectivity index (χ1n) is 12.0. The molecule has 0 bridgehead atoms. The summed E-state index contributed by atoms with van der Waals surface area (Å²) in [5.74, 6) is -0.932. The second kappa shape index (κ2) is 12.4. The summed E-state index contributed by atoms with van der Waals surface area (Å²) in [5.41, 5.74) is 1.89. The van der Waals surface area contributed by atoms with Gasteiger partial charge in [0.25, 0.3) is 0 Å². The average Bonchev–Trinajstić information content (AvgIpc) is 2.94. The Hall–Kier alpha value is -4.08. The molecular weight excluding hydrogens is 496 g/mol. The lowest BCUT2D eigenvalue weighted by molar-refractivity contribution is -0.150. The van der Waals surface area contributed by atoms with Gasteiger partial charge in [-0.1, -0.05) is 0 Å². The quantitative estimate of drug-likeness (QED) is 0.396. The molecule has 2 aromatic rings. The van der Waals surface area contributed by atoms with Crippen LogP contribution in [0.2, 0.25) is 0 Å². The fourth-order valence-corrected chi connectivity index (χ4v) is 4.78. The van der Waals surface area contributed by atoms with E-state index in [1.807, 2.05) is 0 Å². The van der Waals surface area contributed by atoms with E-state index in [-0.39, 0.29) is 18.8 Å². The van der Waals surface area contributed by atoms with Gasteiger partial charge in [-0.3, -0.25) is 4.79 Å². The molecule has 0 spiro atoms. The molecule has 0 radical (unpaired) electrons. The SMILES string of the molecule is CCOC(=O)C1=Cc2cc(OC)c(OC)c(OC)c2[C@@H](c2cc(OC)c(OC)c(OC)c2)[C@H]1C(=O)OCC. The first-order valence-corrected chi connectivity index (χ1v) is 12.0. The lowest BCUT2D eigenvalue weighted by atomic mass is 9.70. The smallest absolute Gasteiger partial charge is 0.334 e. The predicted molar refractivity (Wildman–Crippen MR) is 139 cm³/mol. The first kappa shape index (κ1) is 28.5. The number of ether oxygens (including phenoxy) is 8. The van der Waals surface area contributed by atoms with E-state index in [0.29, 0.717) is 51.2 Å². The number of fused-ring (bicyclic) bond motifs is 1. The molecule has 10 nitrogen and oxygen atoms in total. The van der Waals surface area contributed by atoms with Crippen molar-refractivity contribution in [1.29, 1.82) is 0 Å². The van der Waals surface area contributed by atoms with Gasteiger partial charge < -0.3 is 37.9 Å². The number of hydrogen-bond acceptors (Lipinski definition) is 10. The third-order valence-electron chi connectivity index (χ3n) is 6.29. The van der Waals surface area contributed by atoms with Crippen molar-refractivity contribution in [1.82, 2.24) is 0 Å². The van der Waals surface area contributed by atoms with Crippen LogP contribution in [0, 0.1) is 5.92 Å². The molecule has 206 valence electrons. The van der Waals surface area contributed by atoms with Gasteiger partial charge in [0.05, 0.1) is 61.4 Å². The molecule has 0 N–H and O–H groups in total. The highest BCUT2D eigenvalue weighted by Gasteiger charge is 2.45. The summed E-state index contributed by atoms with van der Waals surface area (Å²) >= 11 is 0. The fraction of sp³-hybridized carbons (Fsp3) is 0.429. The number of carbonyl (C=O) groups is 2. The van der Waals surface area contributed by atoms with E-state index in [1.165, 1.54) is 42.7 Å². The molecule has 0 saturated carbocycles. The van der Waals surface area contributed by atoms with Gasteiger partial charge in [-0.05, 0) is 49.2 Å². The first-order chi connectivity index (χ1) is 18.3. The Labute approximate surface area is 222 Å². The minimum atomic E-state index is -1.09. The second-order valence-corrected chi connectivity index (χ2v) is 8.13. The molecule has 0 unspecified atom stereocenters. The summed E-state index contributed by atoms with van der Waals surface area (Å²) in [7, 11) is 8.98. The van der Waals surface area contributed by atoms with Gasteiger partial charge in [0.1, 0.15) is 5.92 Å². The van der Waals surface area contributed by atoms with E-state index in [0.717, 1.165) is 0 Å². The summed E-state index contributed by atoms with van der Waals surface area (Å²) in [6.07, 6.45) is 1.61. The zero-order valence-electron chi connectivity index (χ0n) is 23.0. The Bertz CT molecular complexity index is 1190. The maximum Gasteiger partial charge on any atom is 0.334 e. The number of carbonyl (C=O) groups excluding carboxylic acids is 2. The van der Waals surface area contributed by atoms with Crippen LogP contribution in [0.4, 0.5) is 0 Å². The lowest BCUT2D eigenvalue weighted by Gasteiger charge is -2.34. The minimum Gasteiger partial charge on any atom is -0.493 e. The molecule has 0 fully saturated rings. The third kappa shape index (κ3) is 5.03. The number of esters is 2. The molecule has 0 aromatic heterocycles. The zero-order valence-corrected chi connectivity index (χ0v) is 23.0. The third-order valence-corrected chi connectivity index (χ3v) is 6.29. The van der Waals surface area contributed by atoms with Crippen molar-refractivity contribution in [2.24, 2.45) is 5.92 Å². The van der Waals surface area contributed by atoms with Crippen LogP contribution in [0.25, 0.3) is 6.08 Å². The number of rotatable bonds is 11. The summed E-state index contributed by atoms with van der Waals surface area (Å²) < 4.78 is 44.5. The van der Waals surface area contributed by atoms with E-state index < -0.39 is 23.8 Å². The molecule has 0 heterocycles. The van der Waals surface area contributed by atoms with Gasteiger partial charge in [0.15, 0.2) is 23.0 Å². The van der Waals surface area contributed by atoms with Crippen molar-refractivity contribution in [3.8, 4) is 34.5 Å². The molecule has 3 rings (SSSR count). The summed E-state index contributed by atoms with van der Waals surface area (Å²) in [5, 5.41) is 0. The fourth-order valence-electron chi connectivity index (χ4n) is 4.78. The molecule has 38 heavy (non-hydrogen) atoms. The Morgan fingerprint density at radius 1 is 0.684 bits per heavy atom. The molecule has 0 aliphatic heterocycles. The van der Waals surface area contributed by atoms with E-state index >= 15 is 0 Å².